The molecule has 0 saturated carbocycles. The van der Waals surface area contributed by atoms with Crippen LogP contribution >= 0.6 is 0 Å². The Bertz CT molecular complexity index is 769. The lowest BCUT2D eigenvalue weighted by Crippen LogP contribution is -2.41. The maximum atomic E-state index is 12.5. The minimum absolute atomic E-state index is 0.0319. The van der Waals surface area contributed by atoms with Crippen molar-refractivity contribution in [3.05, 3.63) is 40.4 Å². The lowest BCUT2D eigenvalue weighted by molar-refractivity contribution is -0.133. The molecule has 1 saturated heterocycles. The summed E-state index contributed by atoms with van der Waals surface area (Å²) in [6.45, 7) is 2.47. The highest BCUT2D eigenvalue weighted by atomic mass is 16.3. The number of hydrogen-bond acceptors (Lipinski definition) is 4. The number of likely N-dealkylation sites (tertiary alicyclic amines) is 1. The number of fused-ring (bicyclic) bond motifs is 1. The zero-order valence-electron chi connectivity index (χ0n) is 12.5. The Morgan fingerprint density at radius 3 is 3.05 bits per heavy atom. The number of amides is 1. The van der Waals surface area contributed by atoms with Crippen molar-refractivity contribution in [2.24, 2.45) is 0 Å². The molecule has 1 aromatic carbocycles. The third-order valence-electron chi connectivity index (χ3n) is 4.27. The molecule has 1 atom stereocenters. The maximum absolute atomic E-state index is 12.5. The topological polar surface area (TPSA) is 75.4 Å². The molecular formula is C16H19N3O3. The number of nitrogens with zero attached hydrogens (tertiary/aromatic N) is 3. The van der Waals surface area contributed by atoms with E-state index in [-0.39, 0.29) is 30.7 Å². The minimum atomic E-state index is -0.207. The molecule has 0 radical (unpaired) electrons. The van der Waals surface area contributed by atoms with Gasteiger partial charge in [-0.2, -0.15) is 0 Å². The molecule has 0 aliphatic carbocycles. The van der Waals surface area contributed by atoms with Crippen LogP contribution in [0.25, 0.3) is 10.9 Å². The fourth-order valence-electron chi connectivity index (χ4n) is 3.04. The van der Waals surface area contributed by atoms with Crippen LogP contribution < -0.4 is 5.56 Å². The highest BCUT2D eigenvalue weighted by Crippen LogP contribution is 2.17. The van der Waals surface area contributed by atoms with Crippen molar-refractivity contribution in [3.63, 3.8) is 0 Å². The first kappa shape index (κ1) is 14.7. The fourth-order valence-corrected chi connectivity index (χ4v) is 3.04. The number of para-hydroxylation sites is 1. The zero-order valence-corrected chi connectivity index (χ0v) is 12.5. The van der Waals surface area contributed by atoms with E-state index in [1.54, 1.807) is 11.0 Å². The molecule has 22 heavy (non-hydrogen) atoms. The van der Waals surface area contributed by atoms with Gasteiger partial charge in [-0.05, 0) is 31.4 Å². The Kier molecular flexibility index (Phi) is 3.94. The molecule has 1 aliphatic heterocycles. The van der Waals surface area contributed by atoms with Gasteiger partial charge < -0.3 is 10.0 Å². The summed E-state index contributed by atoms with van der Waals surface area (Å²) in [5, 5.41) is 9.83. The molecule has 0 spiro atoms. The molecule has 0 bridgehead atoms. The van der Waals surface area contributed by atoms with Gasteiger partial charge in [-0.1, -0.05) is 12.1 Å². The summed E-state index contributed by atoms with van der Waals surface area (Å²) in [7, 11) is 0. The van der Waals surface area contributed by atoms with Gasteiger partial charge in [0.1, 0.15) is 6.54 Å². The largest absolute Gasteiger partial charge is 0.394 e. The average Bonchev–Trinajstić information content (AvgIpc) is 2.99. The van der Waals surface area contributed by atoms with Crippen molar-refractivity contribution in [2.45, 2.75) is 32.4 Å². The number of carbonyl (C=O) groups excluding carboxylic acids is 1. The van der Waals surface area contributed by atoms with Gasteiger partial charge in [0.25, 0.3) is 5.56 Å². The quantitative estimate of drug-likeness (QED) is 0.905. The van der Waals surface area contributed by atoms with Crippen LogP contribution in [0.1, 0.15) is 18.4 Å². The molecule has 116 valence electrons. The summed E-state index contributed by atoms with van der Waals surface area (Å²) in [6, 6.07) is 5.32. The second-order valence-electron chi connectivity index (χ2n) is 5.71. The fraction of sp³-hybridized carbons (Fsp3) is 0.438. The van der Waals surface area contributed by atoms with Crippen molar-refractivity contribution in [1.29, 1.82) is 0 Å². The zero-order chi connectivity index (χ0) is 15.7. The van der Waals surface area contributed by atoms with Crippen LogP contribution in [0.2, 0.25) is 0 Å². The van der Waals surface area contributed by atoms with Gasteiger partial charge in [0.05, 0.1) is 29.9 Å². The van der Waals surface area contributed by atoms with E-state index in [0.29, 0.717) is 17.4 Å². The van der Waals surface area contributed by atoms with Gasteiger partial charge in [-0.25, -0.2) is 4.98 Å². The number of aryl methyl sites for hydroxylation is 1. The number of aromatic nitrogens is 2. The smallest absolute Gasteiger partial charge is 0.261 e. The molecule has 1 N–H and O–H groups in total. The minimum Gasteiger partial charge on any atom is -0.394 e. The number of carbonyl (C=O) groups is 1. The third-order valence-corrected chi connectivity index (χ3v) is 4.27. The Morgan fingerprint density at radius 2 is 2.27 bits per heavy atom. The Morgan fingerprint density at radius 1 is 1.45 bits per heavy atom. The molecule has 6 heteroatoms. The van der Waals surface area contributed by atoms with Gasteiger partial charge in [0, 0.05) is 6.54 Å². The molecular weight excluding hydrogens is 282 g/mol. The monoisotopic (exact) mass is 301 g/mol. The van der Waals surface area contributed by atoms with Crippen LogP contribution in [0.3, 0.4) is 0 Å². The van der Waals surface area contributed by atoms with E-state index in [1.807, 2.05) is 19.1 Å². The van der Waals surface area contributed by atoms with Crippen LogP contribution in [0, 0.1) is 6.92 Å². The molecule has 2 heterocycles. The summed E-state index contributed by atoms with van der Waals surface area (Å²) in [6.07, 6.45) is 3.13. The van der Waals surface area contributed by atoms with Crippen LogP contribution in [0.15, 0.2) is 29.3 Å². The number of aliphatic hydroxyl groups is 1. The molecule has 3 rings (SSSR count). The van der Waals surface area contributed by atoms with Crippen molar-refractivity contribution < 1.29 is 9.90 Å². The predicted molar refractivity (Wildman–Crippen MR) is 82.6 cm³/mol. The molecule has 1 aliphatic rings. The van der Waals surface area contributed by atoms with Crippen LogP contribution in [-0.4, -0.2) is 44.7 Å². The molecule has 2 aromatic rings. The van der Waals surface area contributed by atoms with Gasteiger partial charge in [-0.15, -0.1) is 0 Å². The summed E-state index contributed by atoms with van der Waals surface area (Å²) >= 11 is 0. The second kappa shape index (κ2) is 5.88. The SMILES string of the molecule is Cc1cccc2c(=O)n(CC(=O)N3CCC[C@@H]3CO)cnc12. The van der Waals surface area contributed by atoms with E-state index >= 15 is 0 Å². The third kappa shape index (κ3) is 2.50. The van der Waals surface area contributed by atoms with Gasteiger partial charge in [0.2, 0.25) is 5.91 Å². The van der Waals surface area contributed by atoms with E-state index in [2.05, 4.69) is 4.98 Å². The molecule has 1 fully saturated rings. The van der Waals surface area contributed by atoms with Crippen LogP contribution in [-0.2, 0) is 11.3 Å². The van der Waals surface area contributed by atoms with Crippen LogP contribution in [0.5, 0.6) is 0 Å². The maximum Gasteiger partial charge on any atom is 0.261 e. The summed E-state index contributed by atoms with van der Waals surface area (Å²) in [5.74, 6) is -0.146. The first-order chi connectivity index (χ1) is 10.6. The predicted octanol–water partition coefficient (Wildman–Crippen LogP) is 0.688. The summed E-state index contributed by atoms with van der Waals surface area (Å²) in [4.78, 5) is 30.8. The van der Waals surface area contributed by atoms with Crippen molar-refractivity contribution >= 4 is 16.8 Å². The Labute approximate surface area is 128 Å². The summed E-state index contributed by atoms with van der Waals surface area (Å²) in [5.41, 5.74) is 1.40. The van der Waals surface area contributed by atoms with E-state index < -0.39 is 0 Å². The van der Waals surface area contributed by atoms with Crippen molar-refractivity contribution in [1.82, 2.24) is 14.5 Å². The van der Waals surface area contributed by atoms with E-state index in [1.165, 1.54) is 10.9 Å². The number of hydrogen-bond donors (Lipinski definition) is 1. The lowest BCUT2D eigenvalue weighted by Gasteiger charge is -2.23. The Hall–Kier alpha value is -2.21. The lowest BCUT2D eigenvalue weighted by atomic mass is 10.1. The normalized spacial score (nSPS) is 18.1. The number of rotatable bonds is 3. The highest BCUT2D eigenvalue weighted by molar-refractivity contribution is 5.81. The number of aliphatic hydroxyl groups excluding tert-OH is 1. The first-order valence-electron chi connectivity index (χ1n) is 7.47. The molecule has 1 amide bonds. The second-order valence-corrected chi connectivity index (χ2v) is 5.71. The highest BCUT2D eigenvalue weighted by Gasteiger charge is 2.28. The standard InChI is InChI=1S/C16H19N3O3/c1-11-4-2-6-13-15(11)17-10-18(16(13)22)8-14(21)19-7-3-5-12(19)9-20/h2,4,6,10,12,20H,3,5,7-9H2,1H3/t12-/m1/s1. The van der Waals surface area contributed by atoms with Gasteiger partial charge in [0.15, 0.2) is 0 Å². The van der Waals surface area contributed by atoms with Gasteiger partial charge in [-0.3, -0.25) is 14.2 Å². The molecule has 1 aromatic heterocycles. The Balaban J connectivity index is 1.90. The van der Waals surface area contributed by atoms with Crippen molar-refractivity contribution in [2.75, 3.05) is 13.2 Å². The van der Waals surface area contributed by atoms with Crippen molar-refractivity contribution in [3.8, 4) is 0 Å². The van der Waals surface area contributed by atoms with Gasteiger partial charge >= 0.3 is 0 Å². The molecule has 6 nitrogen and oxygen atoms in total. The van der Waals surface area contributed by atoms with E-state index in [9.17, 15) is 14.7 Å². The average molecular weight is 301 g/mol. The first-order valence-corrected chi connectivity index (χ1v) is 7.47. The molecule has 0 unspecified atom stereocenters. The van der Waals surface area contributed by atoms with E-state index in [4.69, 9.17) is 0 Å². The summed E-state index contributed by atoms with van der Waals surface area (Å²) < 4.78 is 1.34. The number of benzene rings is 1. The van der Waals surface area contributed by atoms with E-state index in [0.717, 1.165) is 18.4 Å². The van der Waals surface area contributed by atoms with Crippen LogP contribution in [0.4, 0.5) is 0 Å².